The minimum Gasteiger partial charge on any atom is -0.333 e. The second-order valence-corrected chi connectivity index (χ2v) is 7.69. The SMILES string of the molecule is Cc1cccc(-c2nc(CSc3nc4ccc(C)cc4[nH]3)cs2)c1. The van der Waals surface area contributed by atoms with Gasteiger partial charge in [0, 0.05) is 16.7 Å². The number of imidazole rings is 1. The van der Waals surface area contributed by atoms with Crippen molar-refractivity contribution in [3.8, 4) is 10.6 Å². The fourth-order valence-corrected chi connectivity index (χ4v) is 4.29. The van der Waals surface area contributed by atoms with E-state index in [1.54, 1.807) is 23.1 Å². The molecule has 0 atom stereocenters. The number of rotatable bonds is 4. The molecule has 4 rings (SSSR count). The molecule has 2 heterocycles. The zero-order valence-electron chi connectivity index (χ0n) is 13.5. The molecule has 0 aliphatic carbocycles. The second kappa shape index (κ2) is 6.42. The van der Waals surface area contributed by atoms with Crippen molar-refractivity contribution in [2.45, 2.75) is 24.8 Å². The molecule has 0 aliphatic rings. The molecule has 1 N–H and O–H groups in total. The molecule has 5 heteroatoms. The van der Waals surface area contributed by atoms with E-state index < -0.39 is 0 Å². The van der Waals surface area contributed by atoms with Crippen LogP contribution in [0.4, 0.5) is 0 Å². The van der Waals surface area contributed by atoms with E-state index in [1.165, 1.54) is 16.7 Å². The lowest BCUT2D eigenvalue weighted by atomic mass is 10.1. The van der Waals surface area contributed by atoms with Gasteiger partial charge in [-0.25, -0.2) is 9.97 Å². The van der Waals surface area contributed by atoms with Crippen LogP contribution >= 0.6 is 23.1 Å². The van der Waals surface area contributed by atoms with E-state index in [9.17, 15) is 0 Å². The number of fused-ring (bicyclic) bond motifs is 1. The molecule has 0 aliphatic heterocycles. The Bertz CT molecular complexity index is 1000. The van der Waals surface area contributed by atoms with Crippen molar-refractivity contribution in [2.75, 3.05) is 0 Å². The lowest BCUT2D eigenvalue weighted by Crippen LogP contribution is -1.83. The molecule has 0 unspecified atom stereocenters. The lowest BCUT2D eigenvalue weighted by Gasteiger charge is -1.97. The lowest BCUT2D eigenvalue weighted by molar-refractivity contribution is 1.07. The molecule has 0 amide bonds. The summed E-state index contributed by atoms with van der Waals surface area (Å²) in [5.41, 5.74) is 6.90. The van der Waals surface area contributed by atoms with Crippen molar-refractivity contribution >= 4 is 34.1 Å². The fourth-order valence-electron chi connectivity index (χ4n) is 2.59. The summed E-state index contributed by atoms with van der Waals surface area (Å²) in [7, 11) is 0. The van der Waals surface area contributed by atoms with Crippen LogP contribution in [0, 0.1) is 13.8 Å². The van der Waals surface area contributed by atoms with E-state index in [0.717, 1.165) is 32.6 Å². The van der Waals surface area contributed by atoms with Crippen molar-refractivity contribution in [3.63, 3.8) is 0 Å². The maximum atomic E-state index is 4.76. The summed E-state index contributed by atoms with van der Waals surface area (Å²) in [6.07, 6.45) is 0. The summed E-state index contributed by atoms with van der Waals surface area (Å²) in [6, 6.07) is 14.8. The molecular formula is C19H17N3S2. The Balaban J connectivity index is 1.49. The number of benzene rings is 2. The Labute approximate surface area is 149 Å². The average molecular weight is 352 g/mol. The average Bonchev–Trinajstić information content (AvgIpc) is 3.19. The minimum atomic E-state index is 0.821. The minimum absolute atomic E-state index is 0.821. The Morgan fingerprint density at radius 1 is 1.04 bits per heavy atom. The third kappa shape index (κ3) is 3.23. The summed E-state index contributed by atoms with van der Waals surface area (Å²) in [5.74, 6) is 0.821. The monoisotopic (exact) mass is 351 g/mol. The Hall–Kier alpha value is -2.11. The van der Waals surface area contributed by atoms with Crippen LogP contribution in [0.1, 0.15) is 16.8 Å². The molecule has 120 valence electrons. The molecule has 0 spiro atoms. The molecule has 3 nitrogen and oxygen atoms in total. The van der Waals surface area contributed by atoms with Gasteiger partial charge in [0.15, 0.2) is 5.16 Å². The van der Waals surface area contributed by atoms with Crippen LogP contribution in [0.5, 0.6) is 0 Å². The highest BCUT2D eigenvalue weighted by Crippen LogP contribution is 2.28. The third-order valence-electron chi connectivity index (χ3n) is 3.79. The van der Waals surface area contributed by atoms with E-state index in [2.05, 4.69) is 71.7 Å². The van der Waals surface area contributed by atoms with E-state index in [-0.39, 0.29) is 0 Å². The van der Waals surface area contributed by atoms with Crippen molar-refractivity contribution < 1.29 is 0 Å². The molecule has 2 aromatic heterocycles. The highest BCUT2D eigenvalue weighted by molar-refractivity contribution is 7.98. The second-order valence-electron chi connectivity index (χ2n) is 5.86. The number of hydrogen-bond acceptors (Lipinski definition) is 4. The van der Waals surface area contributed by atoms with Gasteiger partial charge >= 0.3 is 0 Å². The first kappa shape index (κ1) is 15.4. The van der Waals surface area contributed by atoms with Crippen molar-refractivity contribution in [1.29, 1.82) is 0 Å². The standard InChI is InChI=1S/C19H17N3S2/c1-12-4-3-5-14(8-12)18-20-15(10-23-18)11-24-19-21-16-7-6-13(2)9-17(16)22-19/h3-10H,11H2,1-2H3,(H,21,22). The van der Waals surface area contributed by atoms with Crippen LogP contribution in [-0.4, -0.2) is 15.0 Å². The maximum absolute atomic E-state index is 4.76. The number of aryl methyl sites for hydroxylation is 2. The Morgan fingerprint density at radius 3 is 2.79 bits per heavy atom. The largest absolute Gasteiger partial charge is 0.333 e. The number of H-pyrrole nitrogens is 1. The number of nitrogens with zero attached hydrogens (tertiary/aromatic N) is 2. The van der Waals surface area contributed by atoms with E-state index in [1.807, 2.05) is 0 Å². The Morgan fingerprint density at radius 2 is 1.92 bits per heavy atom. The van der Waals surface area contributed by atoms with Gasteiger partial charge in [-0.3, -0.25) is 0 Å². The molecule has 2 aromatic carbocycles. The summed E-state index contributed by atoms with van der Waals surface area (Å²) < 4.78 is 0. The molecule has 24 heavy (non-hydrogen) atoms. The number of nitrogens with one attached hydrogen (secondary N) is 1. The van der Waals surface area contributed by atoms with Gasteiger partial charge in [0.25, 0.3) is 0 Å². The van der Waals surface area contributed by atoms with E-state index >= 15 is 0 Å². The highest BCUT2D eigenvalue weighted by atomic mass is 32.2. The van der Waals surface area contributed by atoms with Crippen LogP contribution in [0.25, 0.3) is 21.6 Å². The molecule has 0 saturated carbocycles. The van der Waals surface area contributed by atoms with Gasteiger partial charge in [-0.15, -0.1) is 11.3 Å². The maximum Gasteiger partial charge on any atom is 0.166 e. The third-order valence-corrected chi connectivity index (χ3v) is 5.64. The van der Waals surface area contributed by atoms with Gasteiger partial charge in [0.2, 0.25) is 0 Å². The van der Waals surface area contributed by atoms with Crippen LogP contribution < -0.4 is 0 Å². The number of aromatic amines is 1. The summed E-state index contributed by atoms with van der Waals surface area (Å²) >= 11 is 3.39. The van der Waals surface area contributed by atoms with Crippen molar-refractivity contribution in [2.24, 2.45) is 0 Å². The first-order valence-corrected chi connectivity index (χ1v) is 9.64. The molecule has 4 aromatic rings. The van der Waals surface area contributed by atoms with Crippen LogP contribution in [0.15, 0.2) is 53.0 Å². The number of hydrogen-bond donors (Lipinski definition) is 1. The molecule has 0 saturated heterocycles. The summed E-state index contributed by atoms with van der Waals surface area (Å²) in [5, 5.41) is 4.16. The first-order chi connectivity index (χ1) is 11.7. The number of thiazole rings is 1. The first-order valence-electron chi connectivity index (χ1n) is 7.78. The molecule has 0 fully saturated rings. The van der Waals surface area contributed by atoms with Crippen molar-refractivity contribution in [3.05, 3.63) is 64.7 Å². The predicted molar refractivity (Wildman–Crippen MR) is 103 cm³/mol. The topological polar surface area (TPSA) is 41.6 Å². The number of aromatic nitrogens is 3. The van der Waals surface area contributed by atoms with Crippen LogP contribution in [0.2, 0.25) is 0 Å². The molecular weight excluding hydrogens is 334 g/mol. The van der Waals surface area contributed by atoms with Crippen LogP contribution in [-0.2, 0) is 5.75 Å². The van der Waals surface area contributed by atoms with E-state index in [4.69, 9.17) is 4.98 Å². The van der Waals surface area contributed by atoms with Gasteiger partial charge in [-0.1, -0.05) is 41.6 Å². The van der Waals surface area contributed by atoms with Gasteiger partial charge in [-0.2, -0.15) is 0 Å². The summed E-state index contributed by atoms with van der Waals surface area (Å²) in [4.78, 5) is 12.8. The van der Waals surface area contributed by atoms with Gasteiger partial charge < -0.3 is 4.98 Å². The number of thioether (sulfide) groups is 1. The quantitative estimate of drug-likeness (QED) is 0.487. The summed E-state index contributed by atoms with van der Waals surface area (Å²) in [6.45, 7) is 4.20. The molecule has 0 radical (unpaired) electrons. The smallest absolute Gasteiger partial charge is 0.166 e. The fraction of sp³-hybridized carbons (Fsp3) is 0.158. The predicted octanol–water partition coefficient (Wildman–Crippen LogP) is 5.60. The van der Waals surface area contributed by atoms with Crippen LogP contribution in [0.3, 0.4) is 0 Å². The Kier molecular flexibility index (Phi) is 4.12. The zero-order chi connectivity index (χ0) is 16.5. The van der Waals surface area contributed by atoms with Gasteiger partial charge in [0.1, 0.15) is 5.01 Å². The van der Waals surface area contributed by atoms with Gasteiger partial charge in [-0.05, 0) is 37.6 Å². The van der Waals surface area contributed by atoms with E-state index in [0.29, 0.717) is 0 Å². The van der Waals surface area contributed by atoms with Crippen molar-refractivity contribution in [1.82, 2.24) is 15.0 Å². The zero-order valence-corrected chi connectivity index (χ0v) is 15.2. The normalized spacial score (nSPS) is 11.2. The molecule has 0 bridgehead atoms. The van der Waals surface area contributed by atoms with Gasteiger partial charge in [0.05, 0.1) is 16.7 Å². The highest BCUT2D eigenvalue weighted by Gasteiger charge is 2.08.